The molecule has 30 heavy (non-hydrogen) atoms. The van der Waals surface area contributed by atoms with E-state index in [1.807, 2.05) is 47.6 Å². The van der Waals surface area contributed by atoms with Gasteiger partial charge < -0.3 is 19.7 Å². The predicted octanol–water partition coefficient (Wildman–Crippen LogP) is 3.74. The Labute approximate surface area is 179 Å². The summed E-state index contributed by atoms with van der Waals surface area (Å²) in [5.41, 5.74) is -0.130. The molecule has 7 nitrogen and oxygen atoms in total. The maximum absolute atomic E-state index is 13.0. The zero-order chi connectivity index (χ0) is 22.1. The first-order chi connectivity index (χ1) is 14.0. The Morgan fingerprint density at radius 2 is 1.90 bits per heavy atom. The molecule has 2 heterocycles. The molecule has 0 bridgehead atoms. The van der Waals surface area contributed by atoms with E-state index < -0.39 is 11.0 Å². The number of nitrogens with one attached hydrogen (secondary N) is 1. The van der Waals surface area contributed by atoms with Gasteiger partial charge in [0.2, 0.25) is 11.8 Å². The van der Waals surface area contributed by atoms with Crippen molar-refractivity contribution in [1.82, 2.24) is 15.2 Å². The predicted molar refractivity (Wildman–Crippen MR) is 114 cm³/mol. The Bertz CT molecular complexity index is 783. The zero-order valence-corrected chi connectivity index (χ0v) is 19.0. The van der Waals surface area contributed by atoms with E-state index >= 15 is 0 Å². The van der Waals surface area contributed by atoms with Gasteiger partial charge in [0.25, 0.3) is 0 Å². The Hall–Kier alpha value is -2.31. The van der Waals surface area contributed by atoms with Crippen molar-refractivity contribution in [2.75, 3.05) is 19.7 Å². The molecule has 0 radical (unpaired) electrons. The van der Waals surface area contributed by atoms with Gasteiger partial charge in [-0.2, -0.15) is 0 Å². The van der Waals surface area contributed by atoms with Gasteiger partial charge in [0.1, 0.15) is 12.2 Å². The summed E-state index contributed by atoms with van der Waals surface area (Å²) in [4.78, 5) is 31.4. The average molecular weight is 418 g/mol. The van der Waals surface area contributed by atoms with Gasteiger partial charge in [0.15, 0.2) is 0 Å². The Morgan fingerprint density at radius 3 is 2.53 bits per heavy atom. The lowest BCUT2D eigenvalue weighted by Gasteiger charge is -2.27. The molecule has 2 amide bonds. The first kappa shape index (κ1) is 22.4. The van der Waals surface area contributed by atoms with Gasteiger partial charge in [-0.15, -0.1) is 0 Å². The highest BCUT2D eigenvalue weighted by molar-refractivity contribution is 5.82. The third-order valence-electron chi connectivity index (χ3n) is 5.58. The van der Waals surface area contributed by atoms with Crippen LogP contribution in [-0.2, 0) is 9.53 Å². The van der Waals surface area contributed by atoms with Gasteiger partial charge in [-0.05, 0) is 65.4 Å². The van der Waals surface area contributed by atoms with Crippen LogP contribution in [0.15, 0.2) is 18.3 Å². The molecule has 1 aliphatic heterocycles. The highest BCUT2D eigenvalue weighted by Gasteiger charge is 2.38. The molecule has 3 rings (SSSR count). The van der Waals surface area contributed by atoms with Gasteiger partial charge in [-0.3, -0.25) is 4.79 Å². The Balaban J connectivity index is 1.55. The molecule has 0 aromatic carbocycles. The molecule has 1 saturated carbocycles. The average Bonchev–Trinajstić information content (AvgIpc) is 3.43. The lowest BCUT2D eigenvalue weighted by atomic mass is 9.92. The molecule has 2 atom stereocenters. The second-order valence-corrected chi connectivity index (χ2v) is 10.3. The zero-order valence-electron chi connectivity index (χ0n) is 19.0. The number of amides is 2. The molecule has 166 valence electrons. The third kappa shape index (κ3) is 5.64. The first-order valence-electron chi connectivity index (χ1n) is 10.8. The van der Waals surface area contributed by atoms with Crippen LogP contribution in [-0.4, -0.2) is 53.2 Å². The number of likely N-dealkylation sites (tertiary alicyclic amines) is 1. The molecule has 0 spiro atoms. The standard InChI is InChI=1S/C23H35N3O4/c1-15-12-26(21(28)30-22(2,3)4)13-18(15)25-20(27)23(5,6)14-29-19-17(16-9-10-16)8-7-11-24-19/h7-8,11,15-16,18H,9-10,12-14H2,1-6H3,(H,25,27). The van der Waals surface area contributed by atoms with Crippen LogP contribution in [0.1, 0.15) is 65.9 Å². The molecule has 1 N–H and O–H groups in total. The van der Waals surface area contributed by atoms with Gasteiger partial charge >= 0.3 is 6.09 Å². The van der Waals surface area contributed by atoms with Crippen molar-refractivity contribution in [3.63, 3.8) is 0 Å². The van der Waals surface area contributed by atoms with Crippen molar-refractivity contribution in [1.29, 1.82) is 0 Å². The van der Waals surface area contributed by atoms with Crippen LogP contribution in [0.3, 0.4) is 0 Å². The summed E-state index contributed by atoms with van der Waals surface area (Å²) in [7, 11) is 0. The highest BCUT2D eigenvalue weighted by Crippen LogP contribution is 2.43. The lowest BCUT2D eigenvalue weighted by Crippen LogP contribution is -2.48. The number of aromatic nitrogens is 1. The van der Waals surface area contributed by atoms with Crippen molar-refractivity contribution in [3.8, 4) is 5.88 Å². The van der Waals surface area contributed by atoms with E-state index in [0.29, 0.717) is 24.9 Å². The van der Waals surface area contributed by atoms with E-state index in [1.54, 1.807) is 11.1 Å². The quantitative estimate of drug-likeness (QED) is 0.763. The maximum Gasteiger partial charge on any atom is 0.410 e. The fourth-order valence-electron chi connectivity index (χ4n) is 3.54. The number of hydrogen-bond donors (Lipinski definition) is 1. The summed E-state index contributed by atoms with van der Waals surface area (Å²) in [6, 6.07) is 3.87. The SMILES string of the molecule is CC1CN(C(=O)OC(C)(C)C)CC1NC(=O)C(C)(C)COc1ncccc1C1CC1. The van der Waals surface area contributed by atoms with Gasteiger partial charge in [0.05, 0.1) is 11.5 Å². The van der Waals surface area contributed by atoms with Crippen LogP contribution in [0, 0.1) is 11.3 Å². The third-order valence-corrected chi connectivity index (χ3v) is 5.58. The molecular weight excluding hydrogens is 382 g/mol. The van der Waals surface area contributed by atoms with E-state index in [0.717, 1.165) is 5.56 Å². The summed E-state index contributed by atoms with van der Waals surface area (Å²) in [5.74, 6) is 1.22. The van der Waals surface area contributed by atoms with E-state index in [2.05, 4.69) is 16.4 Å². The fraction of sp³-hybridized carbons (Fsp3) is 0.696. The molecule has 2 aliphatic rings. The topological polar surface area (TPSA) is 80.8 Å². The van der Waals surface area contributed by atoms with Crippen LogP contribution in [0.25, 0.3) is 0 Å². The van der Waals surface area contributed by atoms with E-state index in [9.17, 15) is 9.59 Å². The number of carbonyl (C=O) groups is 2. The molecule has 7 heteroatoms. The number of rotatable bonds is 6. The summed E-state index contributed by atoms with van der Waals surface area (Å²) < 4.78 is 11.4. The summed E-state index contributed by atoms with van der Waals surface area (Å²) in [6.45, 7) is 12.6. The van der Waals surface area contributed by atoms with Gasteiger partial charge in [-0.1, -0.05) is 13.0 Å². The summed E-state index contributed by atoms with van der Waals surface area (Å²) in [5, 5.41) is 3.11. The van der Waals surface area contributed by atoms with Crippen LogP contribution < -0.4 is 10.1 Å². The molecule has 2 fully saturated rings. The minimum Gasteiger partial charge on any atom is -0.476 e. The van der Waals surface area contributed by atoms with Crippen molar-refractivity contribution in [3.05, 3.63) is 23.9 Å². The van der Waals surface area contributed by atoms with Crippen LogP contribution >= 0.6 is 0 Å². The fourth-order valence-corrected chi connectivity index (χ4v) is 3.54. The molecule has 1 aromatic rings. The Morgan fingerprint density at radius 1 is 1.20 bits per heavy atom. The van der Waals surface area contributed by atoms with Crippen LogP contribution in [0.4, 0.5) is 4.79 Å². The highest BCUT2D eigenvalue weighted by atomic mass is 16.6. The normalized spacial score (nSPS) is 22.0. The van der Waals surface area contributed by atoms with Crippen molar-refractivity contribution in [2.24, 2.45) is 11.3 Å². The van der Waals surface area contributed by atoms with Crippen LogP contribution in [0.2, 0.25) is 0 Å². The summed E-state index contributed by atoms with van der Waals surface area (Å²) in [6.07, 6.45) is 3.72. The van der Waals surface area contributed by atoms with Crippen molar-refractivity contribution in [2.45, 2.75) is 71.9 Å². The second-order valence-electron chi connectivity index (χ2n) is 10.3. The maximum atomic E-state index is 13.0. The molecule has 1 saturated heterocycles. The van der Waals surface area contributed by atoms with Crippen molar-refractivity contribution >= 4 is 12.0 Å². The first-order valence-corrected chi connectivity index (χ1v) is 10.8. The minimum atomic E-state index is -0.725. The number of nitrogens with zero attached hydrogens (tertiary/aromatic N) is 2. The van der Waals surface area contributed by atoms with E-state index in [-0.39, 0.29) is 30.6 Å². The van der Waals surface area contributed by atoms with Crippen molar-refractivity contribution < 1.29 is 19.1 Å². The molecule has 2 unspecified atom stereocenters. The van der Waals surface area contributed by atoms with Crippen LogP contribution in [0.5, 0.6) is 5.88 Å². The second kappa shape index (κ2) is 8.44. The molecule has 1 aromatic heterocycles. The number of hydrogen-bond acceptors (Lipinski definition) is 5. The van der Waals surface area contributed by atoms with E-state index in [4.69, 9.17) is 9.47 Å². The smallest absolute Gasteiger partial charge is 0.410 e. The number of pyridine rings is 1. The van der Waals surface area contributed by atoms with E-state index in [1.165, 1.54) is 12.8 Å². The minimum absolute atomic E-state index is 0.0886. The Kier molecular flexibility index (Phi) is 6.29. The lowest BCUT2D eigenvalue weighted by molar-refractivity contribution is -0.131. The number of carbonyl (C=O) groups excluding carboxylic acids is 2. The largest absolute Gasteiger partial charge is 0.476 e. The summed E-state index contributed by atoms with van der Waals surface area (Å²) >= 11 is 0. The molecular formula is C23H35N3O4. The number of ether oxygens (including phenoxy) is 2. The van der Waals surface area contributed by atoms with Gasteiger partial charge in [0, 0.05) is 24.8 Å². The van der Waals surface area contributed by atoms with Gasteiger partial charge in [-0.25, -0.2) is 9.78 Å². The molecule has 1 aliphatic carbocycles. The monoisotopic (exact) mass is 417 g/mol.